The number of nitrogens with one attached hydrogen (secondary N) is 1. The molecule has 132 valence electrons. The van der Waals surface area contributed by atoms with Crippen molar-refractivity contribution in [2.45, 2.75) is 25.3 Å². The Kier molecular flexibility index (Phi) is 5.35. The van der Waals surface area contributed by atoms with Crippen LogP contribution in [0.3, 0.4) is 0 Å². The van der Waals surface area contributed by atoms with Crippen molar-refractivity contribution in [1.29, 1.82) is 5.26 Å². The monoisotopic (exact) mass is 362 g/mol. The van der Waals surface area contributed by atoms with Gasteiger partial charge in [0.25, 0.3) is 0 Å². The van der Waals surface area contributed by atoms with E-state index >= 15 is 0 Å². The number of sulfonamides is 1. The van der Waals surface area contributed by atoms with E-state index in [-0.39, 0.29) is 19.0 Å². The van der Waals surface area contributed by atoms with Crippen molar-refractivity contribution in [3.8, 4) is 6.07 Å². The van der Waals surface area contributed by atoms with Crippen LogP contribution in [0.4, 0.5) is 19.0 Å². The number of aromatic nitrogens is 1. The summed E-state index contributed by atoms with van der Waals surface area (Å²) in [5, 5.41) is 12.0. The molecule has 0 atom stereocenters. The number of hydrogen-bond acceptors (Lipinski definition) is 5. The number of rotatable bonds is 4. The quantitative estimate of drug-likeness (QED) is 0.888. The molecule has 1 N–H and O–H groups in total. The van der Waals surface area contributed by atoms with Crippen LogP contribution in [0.25, 0.3) is 0 Å². The van der Waals surface area contributed by atoms with Gasteiger partial charge in [-0.1, -0.05) is 6.07 Å². The third kappa shape index (κ3) is 3.96. The number of hydrogen-bond donors (Lipinski definition) is 1. The highest BCUT2D eigenvalue weighted by Gasteiger charge is 2.50. The SMILES string of the molecule is Cc1ccc(NCC2CCN(S(=O)(=O)C(F)(F)F)CC2)nc1C#N. The fraction of sp³-hybridized carbons (Fsp3) is 0.571. The Hall–Kier alpha value is -1.86. The number of nitriles is 1. The average Bonchev–Trinajstić information content (AvgIpc) is 2.53. The maximum absolute atomic E-state index is 12.5. The molecule has 2 rings (SSSR count). The van der Waals surface area contributed by atoms with Crippen LogP contribution in [-0.2, 0) is 10.0 Å². The van der Waals surface area contributed by atoms with Crippen LogP contribution in [0.15, 0.2) is 12.1 Å². The Morgan fingerprint density at radius 1 is 1.38 bits per heavy atom. The molecule has 1 aromatic heterocycles. The largest absolute Gasteiger partial charge is 0.511 e. The number of pyridine rings is 1. The van der Waals surface area contributed by atoms with Gasteiger partial charge < -0.3 is 5.32 Å². The fourth-order valence-corrected chi connectivity index (χ4v) is 3.47. The van der Waals surface area contributed by atoms with E-state index in [0.29, 0.717) is 35.2 Å². The molecule has 0 bridgehead atoms. The van der Waals surface area contributed by atoms with Crippen molar-refractivity contribution in [3.63, 3.8) is 0 Å². The number of alkyl halides is 3. The summed E-state index contributed by atoms with van der Waals surface area (Å²) in [6.07, 6.45) is 0.665. The Morgan fingerprint density at radius 3 is 2.54 bits per heavy atom. The van der Waals surface area contributed by atoms with Gasteiger partial charge in [0.15, 0.2) is 0 Å². The molecule has 0 aromatic carbocycles. The molecule has 2 heterocycles. The summed E-state index contributed by atoms with van der Waals surface area (Å²) in [7, 11) is -5.24. The average molecular weight is 362 g/mol. The lowest BCUT2D eigenvalue weighted by molar-refractivity contribution is -0.0496. The Bertz CT molecular complexity index is 735. The predicted octanol–water partition coefficient (Wildman–Crippen LogP) is 2.24. The summed E-state index contributed by atoms with van der Waals surface area (Å²) in [6.45, 7) is 1.92. The number of nitrogens with zero attached hydrogens (tertiary/aromatic N) is 3. The van der Waals surface area contributed by atoms with E-state index in [1.165, 1.54) is 0 Å². The summed E-state index contributed by atoms with van der Waals surface area (Å²) >= 11 is 0. The molecule has 24 heavy (non-hydrogen) atoms. The van der Waals surface area contributed by atoms with Crippen molar-refractivity contribution in [1.82, 2.24) is 9.29 Å². The second-order valence-corrected chi connectivity index (χ2v) is 7.58. The predicted molar refractivity (Wildman–Crippen MR) is 81.5 cm³/mol. The van der Waals surface area contributed by atoms with Crippen LogP contribution in [-0.4, -0.2) is 42.8 Å². The van der Waals surface area contributed by atoms with E-state index in [1.807, 2.05) is 6.07 Å². The number of aryl methyl sites for hydroxylation is 1. The zero-order valence-corrected chi connectivity index (χ0v) is 13.8. The first-order chi connectivity index (χ1) is 11.1. The van der Waals surface area contributed by atoms with Gasteiger partial charge in [-0.2, -0.15) is 22.7 Å². The summed E-state index contributed by atoms with van der Waals surface area (Å²) in [5.41, 5.74) is -4.18. The molecular formula is C14H17F3N4O2S. The van der Waals surface area contributed by atoms with Gasteiger partial charge in [-0.05, 0) is 37.3 Å². The van der Waals surface area contributed by atoms with E-state index in [1.54, 1.807) is 19.1 Å². The molecule has 1 aliphatic rings. The minimum Gasteiger partial charge on any atom is -0.370 e. The van der Waals surface area contributed by atoms with Gasteiger partial charge in [0.05, 0.1) is 0 Å². The highest BCUT2D eigenvalue weighted by molar-refractivity contribution is 7.90. The molecular weight excluding hydrogens is 345 g/mol. The maximum Gasteiger partial charge on any atom is 0.511 e. The first-order valence-electron chi connectivity index (χ1n) is 7.33. The van der Waals surface area contributed by atoms with Crippen LogP contribution >= 0.6 is 0 Å². The Balaban J connectivity index is 1.89. The van der Waals surface area contributed by atoms with Gasteiger partial charge in [-0.15, -0.1) is 0 Å². The number of piperidine rings is 1. The Morgan fingerprint density at radius 2 is 2.00 bits per heavy atom. The highest BCUT2D eigenvalue weighted by Crippen LogP contribution is 2.30. The van der Waals surface area contributed by atoms with E-state index in [2.05, 4.69) is 10.3 Å². The summed E-state index contributed by atoms with van der Waals surface area (Å²) in [6, 6.07) is 5.46. The van der Waals surface area contributed by atoms with Gasteiger partial charge in [-0.25, -0.2) is 13.4 Å². The lowest BCUT2D eigenvalue weighted by atomic mass is 9.98. The smallest absolute Gasteiger partial charge is 0.370 e. The zero-order chi connectivity index (χ0) is 18.0. The van der Waals surface area contributed by atoms with Gasteiger partial charge in [0, 0.05) is 19.6 Å². The van der Waals surface area contributed by atoms with Gasteiger partial charge in [0.2, 0.25) is 0 Å². The molecule has 10 heteroatoms. The van der Waals surface area contributed by atoms with E-state index < -0.39 is 15.5 Å². The second kappa shape index (κ2) is 6.94. The van der Waals surface area contributed by atoms with Gasteiger partial charge in [0.1, 0.15) is 17.6 Å². The van der Waals surface area contributed by atoms with Crippen LogP contribution in [0, 0.1) is 24.2 Å². The molecule has 1 saturated heterocycles. The van der Waals surface area contributed by atoms with Crippen LogP contribution in [0.2, 0.25) is 0 Å². The van der Waals surface area contributed by atoms with E-state index in [4.69, 9.17) is 5.26 Å². The molecule has 0 amide bonds. The molecule has 1 aromatic rings. The van der Waals surface area contributed by atoms with Crippen LogP contribution in [0.1, 0.15) is 24.1 Å². The summed E-state index contributed by atoms with van der Waals surface area (Å²) in [4.78, 5) is 4.13. The topological polar surface area (TPSA) is 86.1 Å². The van der Waals surface area contributed by atoms with Crippen LogP contribution < -0.4 is 5.32 Å². The third-order valence-corrected chi connectivity index (χ3v) is 5.61. The maximum atomic E-state index is 12.5. The molecule has 6 nitrogen and oxygen atoms in total. The Labute approximate surface area is 138 Å². The first kappa shape index (κ1) is 18.5. The molecule has 0 saturated carbocycles. The standard InChI is InChI=1S/C14H17F3N4O2S/c1-10-2-3-13(20-12(10)8-18)19-9-11-4-6-21(7-5-11)24(22,23)14(15,16)17/h2-3,11H,4-7,9H2,1H3,(H,19,20). The normalized spacial score (nSPS) is 17.5. The third-order valence-electron chi connectivity index (χ3n) is 3.98. The molecule has 0 radical (unpaired) electrons. The van der Waals surface area contributed by atoms with Crippen molar-refractivity contribution in [2.75, 3.05) is 25.0 Å². The van der Waals surface area contributed by atoms with Crippen molar-refractivity contribution < 1.29 is 21.6 Å². The molecule has 1 aliphatic heterocycles. The first-order valence-corrected chi connectivity index (χ1v) is 8.77. The number of anilines is 1. The molecule has 0 spiro atoms. The van der Waals surface area contributed by atoms with Gasteiger partial charge >= 0.3 is 15.5 Å². The molecule has 0 unspecified atom stereocenters. The van der Waals surface area contributed by atoms with Crippen molar-refractivity contribution in [3.05, 3.63) is 23.4 Å². The van der Waals surface area contributed by atoms with Crippen LogP contribution in [0.5, 0.6) is 0 Å². The van der Waals surface area contributed by atoms with Crippen molar-refractivity contribution >= 4 is 15.8 Å². The second-order valence-electron chi connectivity index (χ2n) is 5.65. The summed E-state index contributed by atoms with van der Waals surface area (Å²) < 4.78 is 60.7. The zero-order valence-electron chi connectivity index (χ0n) is 13.0. The molecule has 0 aliphatic carbocycles. The molecule has 1 fully saturated rings. The lowest BCUT2D eigenvalue weighted by Gasteiger charge is -2.31. The lowest BCUT2D eigenvalue weighted by Crippen LogP contribution is -2.45. The minimum absolute atomic E-state index is 0.0401. The van der Waals surface area contributed by atoms with Gasteiger partial charge in [-0.3, -0.25) is 0 Å². The van der Waals surface area contributed by atoms with Crippen molar-refractivity contribution in [2.24, 2.45) is 5.92 Å². The van der Waals surface area contributed by atoms with E-state index in [0.717, 1.165) is 5.56 Å². The minimum atomic E-state index is -5.25. The fourth-order valence-electron chi connectivity index (χ4n) is 2.49. The summed E-state index contributed by atoms with van der Waals surface area (Å²) in [5.74, 6) is 0.556. The van der Waals surface area contributed by atoms with E-state index in [9.17, 15) is 21.6 Å². The highest BCUT2D eigenvalue weighted by atomic mass is 32.2. The number of halogens is 3.